The second-order valence-corrected chi connectivity index (χ2v) is 4.67. The van der Waals surface area contributed by atoms with Crippen LogP contribution in [0.4, 0.5) is 0 Å². The number of hydrogen-bond donors (Lipinski definition) is 0. The summed E-state index contributed by atoms with van der Waals surface area (Å²) in [6.45, 7) is 4.28. The Morgan fingerprint density at radius 2 is 1.94 bits per heavy atom. The first-order valence-corrected chi connectivity index (χ1v) is 6.49. The van der Waals surface area contributed by atoms with Gasteiger partial charge in [-0.15, -0.1) is 0 Å². The molecule has 0 amide bonds. The molecule has 1 aliphatic heterocycles. The second-order valence-electron chi connectivity index (χ2n) is 4.67. The van der Waals surface area contributed by atoms with Gasteiger partial charge in [-0.1, -0.05) is 44.0 Å². The molecule has 2 heteroatoms. The summed E-state index contributed by atoms with van der Waals surface area (Å²) in [6, 6.07) is 8.55. The van der Waals surface area contributed by atoms with E-state index in [9.17, 15) is 0 Å². The zero-order chi connectivity index (χ0) is 12.1. The van der Waals surface area contributed by atoms with Crippen molar-refractivity contribution >= 4 is 11.4 Å². The molecule has 1 aromatic carbocycles. The molecule has 0 N–H and O–H groups in total. The van der Waals surface area contributed by atoms with Crippen LogP contribution < -0.4 is 0 Å². The number of benzene rings is 1. The molecule has 0 aliphatic carbocycles. The summed E-state index contributed by atoms with van der Waals surface area (Å²) in [5.74, 6) is 0. The molecule has 0 saturated heterocycles. The van der Waals surface area contributed by atoms with Gasteiger partial charge in [0.1, 0.15) is 0 Å². The maximum Gasteiger partial charge on any atom is 0.0705 e. The molecule has 2 nitrogen and oxygen atoms in total. The lowest BCUT2D eigenvalue weighted by atomic mass is 9.96. The van der Waals surface area contributed by atoms with Gasteiger partial charge in [-0.2, -0.15) is 10.2 Å². The molecule has 1 aromatic rings. The smallest absolute Gasteiger partial charge is 0.0705 e. The van der Waals surface area contributed by atoms with Crippen molar-refractivity contribution in [1.29, 1.82) is 0 Å². The van der Waals surface area contributed by atoms with Crippen molar-refractivity contribution in [3.8, 4) is 0 Å². The van der Waals surface area contributed by atoms with Crippen molar-refractivity contribution in [2.45, 2.75) is 46.0 Å². The molecule has 0 spiro atoms. The fraction of sp³-hybridized carbons (Fsp3) is 0.467. The number of rotatable bonds is 4. The van der Waals surface area contributed by atoms with Gasteiger partial charge >= 0.3 is 0 Å². The first kappa shape index (κ1) is 12.0. The topological polar surface area (TPSA) is 24.7 Å². The van der Waals surface area contributed by atoms with Crippen molar-refractivity contribution in [3.63, 3.8) is 0 Å². The van der Waals surface area contributed by atoms with Gasteiger partial charge in [0.15, 0.2) is 0 Å². The van der Waals surface area contributed by atoms with E-state index < -0.39 is 0 Å². The van der Waals surface area contributed by atoms with Gasteiger partial charge in [0.2, 0.25) is 0 Å². The molecular formula is C15H20N2. The van der Waals surface area contributed by atoms with Crippen molar-refractivity contribution in [2.75, 3.05) is 0 Å². The summed E-state index contributed by atoms with van der Waals surface area (Å²) in [5.41, 5.74) is 4.92. The average Bonchev–Trinajstić information content (AvgIpc) is 2.49. The summed E-state index contributed by atoms with van der Waals surface area (Å²) in [5, 5.41) is 8.73. The first-order valence-electron chi connectivity index (χ1n) is 6.49. The molecule has 0 atom stereocenters. The Balaban J connectivity index is 2.24. The van der Waals surface area contributed by atoms with Crippen LogP contribution in [0.5, 0.6) is 0 Å². The maximum atomic E-state index is 4.42. The quantitative estimate of drug-likeness (QED) is 0.696. The minimum Gasteiger partial charge on any atom is -0.160 e. The molecule has 0 fully saturated rings. The van der Waals surface area contributed by atoms with Crippen LogP contribution in [0.15, 0.2) is 34.5 Å². The van der Waals surface area contributed by atoms with Gasteiger partial charge in [0, 0.05) is 17.7 Å². The molecule has 0 saturated carbocycles. The molecule has 2 rings (SSSR count). The molecule has 1 heterocycles. The monoisotopic (exact) mass is 228 g/mol. The molecule has 0 bridgehead atoms. The third-order valence-electron chi connectivity index (χ3n) is 3.13. The summed E-state index contributed by atoms with van der Waals surface area (Å²) in [4.78, 5) is 0. The van der Waals surface area contributed by atoms with Crippen LogP contribution in [-0.4, -0.2) is 11.4 Å². The number of nitrogens with zero attached hydrogens (tertiary/aromatic N) is 2. The van der Waals surface area contributed by atoms with E-state index in [1.807, 2.05) is 0 Å². The maximum absolute atomic E-state index is 4.42. The van der Waals surface area contributed by atoms with Crippen LogP contribution in [0, 0.1) is 0 Å². The van der Waals surface area contributed by atoms with Crippen molar-refractivity contribution in [3.05, 3.63) is 35.4 Å². The standard InChI is InChI=1S/C15H20N2/c1-3-4-5-10-15-14-9-7-6-8-13(14)11-12(2)16-17-15/h6-9H,3-5,10-11H2,1-2H3. The third kappa shape index (κ3) is 3.02. The Morgan fingerprint density at radius 3 is 2.76 bits per heavy atom. The highest BCUT2D eigenvalue weighted by molar-refractivity contribution is 6.04. The van der Waals surface area contributed by atoms with Crippen molar-refractivity contribution < 1.29 is 0 Å². The molecular weight excluding hydrogens is 208 g/mol. The van der Waals surface area contributed by atoms with Crippen LogP contribution in [-0.2, 0) is 6.42 Å². The van der Waals surface area contributed by atoms with Crippen LogP contribution in [0.2, 0.25) is 0 Å². The molecule has 0 unspecified atom stereocenters. The normalized spacial score (nSPS) is 14.7. The molecule has 0 aromatic heterocycles. The van der Waals surface area contributed by atoms with Gasteiger partial charge < -0.3 is 0 Å². The van der Waals surface area contributed by atoms with Crippen LogP contribution in [0.1, 0.15) is 50.7 Å². The highest BCUT2D eigenvalue weighted by Crippen LogP contribution is 2.18. The lowest BCUT2D eigenvalue weighted by Gasteiger charge is -2.08. The third-order valence-corrected chi connectivity index (χ3v) is 3.13. The van der Waals surface area contributed by atoms with Gasteiger partial charge in [-0.25, -0.2) is 0 Å². The molecule has 0 radical (unpaired) electrons. The van der Waals surface area contributed by atoms with E-state index in [0.29, 0.717) is 0 Å². The fourth-order valence-corrected chi connectivity index (χ4v) is 2.19. The van der Waals surface area contributed by atoms with Gasteiger partial charge in [0.05, 0.1) is 5.71 Å². The largest absolute Gasteiger partial charge is 0.160 e. The van der Waals surface area contributed by atoms with Crippen molar-refractivity contribution in [1.82, 2.24) is 0 Å². The molecule has 1 aliphatic rings. The highest BCUT2D eigenvalue weighted by atomic mass is 15.2. The Hall–Kier alpha value is -1.44. The minimum atomic E-state index is 0.928. The van der Waals surface area contributed by atoms with Gasteiger partial charge in [-0.3, -0.25) is 0 Å². The second kappa shape index (κ2) is 5.76. The van der Waals surface area contributed by atoms with Crippen molar-refractivity contribution in [2.24, 2.45) is 10.2 Å². The van der Waals surface area contributed by atoms with E-state index in [1.165, 1.54) is 30.4 Å². The van der Waals surface area contributed by atoms with Gasteiger partial charge in [0.25, 0.3) is 0 Å². The van der Waals surface area contributed by atoms with Crippen LogP contribution in [0.3, 0.4) is 0 Å². The lowest BCUT2D eigenvalue weighted by molar-refractivity contribution is 0.741. The van der Waals surface area contributed by atoms with E-state index >= 15 is 0 Å². The fourth-order valence-electron chi connectivity index (χ4n) is 2.19. The summed E-state index contributed by atoms with van der Waals surface area (Å²) in [6.07, 6.45) is 5.69. The summed E-state index contributed by atoms with van der Waals surface area (Å²) < 4.78 is 0. The Morgan fingerprint density at radius 1 is 1.12 bits per heavy atom. The SMILES string of the molecule is CCCCCC1=NN=C(C)Cc2ccccc21. The van der Waals surface area contributed by atoms with Crippen LogP contribution in [0.25, 0.3) is 0 Å². The number of hydrogen-bond acceptors (Lipinski definition) is 2. The van der Waals surface area contributed by atoms with E-state index in [-0.39, 0.29) is 0 Å². The van der Waals surface area contributed by atoms with E-state index in [4.69, 9.17) is 0 Å². The van der Waals surface area contributed by atoms with E-state index in [2.05, 4.69) is 48.3 Å². The Labute approximate surface area is 103 Å². The molecule has 17 heavy (non-hydrogen) atoms. The lowest BCUT2D eigenvalue weighted by Crippen LogP contribution is -2.04. The Bertz CT molecular complexity index is 444. The zero-order valence-corrected chi connectivity index (χ0v) is 10.7. The number of unbranched alkanes of at least 4 members (excludes halogenated alkanes) is 2. The summed E-state index contributed by atoms with van der Waals surface area (Å²) in [7, 11) is 0. The van der Waals surface area contributed by atoms with Gasteiger partial charge in [-0.05, 0) is 25.3 Å². The average molecular weight is 228 g/mol. The molecule has 90 valence electrons. The Kier molecular flexibility index (Phi) is 4.08. The minimum absolute atomic E-state index is 0.928. The first-order chi connectivity index (χ1) is 8.31. The summed E-state index contributed by atoms with van der Waals surface area (Å²) >= 11 is 0. The number of fused-ring (bicyclic) bond motifs is 1. The predicted molar refractivity (Wildman–Crippen MR) is 73.9 cm³/mol. The predicted octanol–water partition coefficient (Wildman–Crippen LogP) is 3.99. The van der Waals surface area contributed by atoms with E-state index in [0.717, 1.165) is 24.3 Å². The van der Waals surface area contributed by atoms with Crippen LogP contribution >= 0.6 is 0 Å². The van der Waals surface area contributed by atoms with E-state index in [1.54, 1.807) is 0 Å². The highest BCUT2D eigenvalue weighted by Gasteiger charge is 2.12. The zero-order valence-electron chi connectivity index (χ0n) is 10.7.